The van der Waals surface area contributed by atoms with E-state index in [2.05, 4.69) is 31.9 Å². The van der Waals surface area contributed by atoms with Gasteiger partial charge in [-0.1, -0.05) is 0 Å². The van der Waals surface area contributed by atoms with E-state index in [1.54, 1.807) is 6.20 Å². The van der Waals surface area contributed by atoms with Gasteiger partial charge in [0.15, 0.2) is 0 Å². The lowest BCUT2D eigenvalue weighted by Crippen LogP contribution is -2.42. The molecule has 2 aromatic rings. The van der Waals surface area contributed by atoms with Crippen LogP contribution in [-0.2, 0) is 14.1 Å². The van der Waals surface area contributed by atoms with E-state index in [4.69, 9.17) is 0 Å². The molecule has 1 aliphatic heterocycles. The molecule has 7 nitrogen and oxygen atoms in total. The maximum Gasteiger partial charge on any atom is 0.254 e. The molecular weight excluding hydrogens is 328 g/mol. The Morgan fingerprint density at radius 2 is 2.04 bits per heavy atom. The lowest BCUT2D eigenvalue weighted by molar-refractivity contribution is 0.0881. The summed E-state index contributed by atoms with van der Waals surface area (Å²) in [7, 11) is 6.13. The van der Waals surface area contributed by atoms with Crippen molar-refractivity contribution in [2.24, 2.45) is 20.0 Å². The van der Waals surface area contributed by atoms with Crippen LogP contribution in [0.25, 0.3) is 0 Å². The molecule has 1 saturated heterocycles. The van der Waals surface area contributed by atoms with Crippen molar-refractivity contribution in [3.8, 4) is 0 Å². The second-order valence-corrected chi connectivity index (χ2v) is 7.81. The predicted octanol–water partition coefficient (Wildman–Crippen LogP) is 1.84. The van der Waals surface area contributed by atoms with Gasteiger partial charge in [0.05, 0.1) is 35.5 Å². The molecule has 1 saturated carbocycles. The zero-order valence-electron chi connectivity index (χ0n) is 15.9. The zero-order chi connectivity index (χ0) is 18.3. The minimum atomic E-state index is 0.0111. The highest BCUT2D eigenvalue weighted by molar-refractivity contribution is 5.95. The fourth-order valence-corrected chi connectivity index (χ4v) is 4.38. The molecule has 3 heterocycles. The fourth-order valence-electron chi connectivity index (χ4n) is 4.38. The van der Waals surface area contributed by atoms with Crippen molar-refractivity contribution in [1.82, 2.24) is 29.5 Å². The number of aryl methyl sites for hydroxylation is 2. The fraction of sp³-hybridized carbons (Fsp3) is 0.632. The molecule has 0 aromatic carbocycles. The average molecular weight is 356 g/mol. The number of rotatable bonds is 5. The zero-order valence-corrected chi connectivity index (χ0v) is 15.9. The van der Waals surface area contributed by atoms with E-state index in [0.717, 1.165) is 43.5 Å². The monoisotopic (exact) mass is 356 g/mol. The van der Waals surface area contributed by atoms with Gasteiger partial charge in [-0.2, -0.15) is 5.10 Å². The van der Waals surface area contributed by atoms with E-state index in [9.17, 15) is 4.79 Å². The molecule has 140 valence electrons. The van der Waals surface area contributed by atoms with Crippen LogP contribution in [-0.4, -0.2) is 50.3 Å². The van der Waals surface area contributed by atoms with Gasteiger partial charge in [0.1, 0.15) is 0 Å². The first-order valence-corrected chi connectivity index (χ1v) is 9.52. The highest BCUT2D eigenvalue weighted by atomic mass is 16.1. The van der Waals surface area contributed by atoms with Gasteiger partial charge in [-0.3, -0.25) is 14.4 Å². The van der Waals surface area contributed by atoms with Crippen LogP contribution in [0.5, 0.6) is 0 Å². The topological polar surface area (TPSA) is 68.0 Å². The molecular formula is C19H28N6O. The van der Waals surface area contributed by atoms with Gasteiger partial charge >= 0.3 is 0 Å². The summed E-state index contributed by atoms with van der Waals surface area (Å²) in [5.74, 6) is 0.900. The van der Waals surface area contributed by atoms with E-state index in [-0.39, 0.29) is 11.9 Å². The molecule has 7 heteroatoms. The van der Waals surface area contributed by atoms with Gasteiger partial charge in [-0.05, 0) is 45.2 Å². The van der Waals surface area contributed by atoms with Gasteiger partial charge in [0, 0.05) is 32.8 Å². The third-order valence-electron chi connectivity index (χ3n) is 5.88. The average Bonchev–Trinajstić information content (AvgIpc) is 3.26. The van der Waals surface area contributed by atoms with E-state index in [1.807, 2.05) is 31.3 Å². The Balaban J connectivity index is 1.47. The molecule has 1 N–H and O–H groups in total. The van der Waals surface area contributed by atoms with Crippen LogP contribution in [0.2, 0.25) is 0 Å². The third-order valence-corrected chi connectivity index (χ3v) is 5.88. The van der Waals surface area contributed by atoms with Crippen LogP contribution in [0.15, 0.2) is 18.7 Å². The second kappa shape index (κ2) is 6.87. The highest BCUT2D eigenvalue weighted by Gasteiger charge is 2.34. The first kappa shape index (κ1) is 17.3. The molecule has 0 unspecified atom stereocenters. The van der Waals surface area contributed by atoms with Crippen LogP contribution in [0.1, 0.15) is 59.4 Å². The number of aromatic nitrogens is 4. The van der Waals surface area contributed by atoms with Crippen LogP contribution in [0.4, 0.5) is 0 Å². The maximum atomic E-state index is 12.8. The van der Waals surface area contributed by atoms with Gasteiger partial charge in [-0.15, -0.1) is 0 Å². The van der Waals surface area contributed by atoms with Crippen LogP contribution < -0.4 is 5.32 Å². The molecule has 0 radical (unpaired) electrons. The minimum Gasteiger partial charge on any atom is -0.352 e. The number of imidazole rings is 1. The Bertz CT molecular complexity index is 790. The van der Waals surface area contributed by atoms with E-state index >= 15 is 0 Å². The molecule has 0 bridgehead atoms. The SMILES string of the molecule is CN1CCC[C@@H](CNC(=O)c2cnn(C)c2C2CC2)[C@@H]1c1cncn1C. The summed E-state index contributed by atoms with van der Waals surface area (Å²) in [6.45, 7) is 1.76. The molecule has 2 fully saturated rings. The number of hydrogen-bond acceptors (Lipinski definition) is 4. The number of carbonyl (C=O) groups excluding carboxylic acids is 1. The van der Waals surface area contributed by atoms with Crippen molar-refractivity contribution < 1.29 is 4.79 Å². The molecule has 1 aliphatic carbocycles. The number of piperidine rings is 1. The standard InChI is InChI=1S/C19H28N6O/c1-23-8-4-5-14(18(23)16-11-20-12-24(16)2)9-21-19(26)15-10-22-25(3)17(15)13-6-7-13/h10-14,18H,4-9H2,1-3H3,(H,21,26)/t14-,18+/m0/s1. The lowest BCUT2D eigenvalue weighted by atomic mass is 9.87. The smallest absolute Gasteiger partial charge is 0.254 e. The van der Waals surface area contributed by atoms with Crippen molar-refractivity contribution in [2.45, 2.75) is 37.6 Å². The van der Waals surface area contributed by atoms with Gasteiger partial charge in [-0.25, -0.2) is 4.98 Å². The number of nitrogens with one attached hydrogen (secondary N) is 1. The summed E-state index contributed by atoms with van der Waals surface area (Å²) in [5, 5.41) is 7.50. The van der Waals surface area contributed by atoms with Crippen molar-refractivity contribution in [3.63, 3.8) is 0 Å². The van der Waals surface area contributed by atoms with Crippen molar-refractivity contribution >= 4 is 5.91 Å². The Kier molecular flexibility index (Phi) is 4.56. The third kappa shape index (κ3) is 3.16. The summed E-state index contributed by atoms with van der Waals surface area (Å²) in [6, 6.07) is 0.286. The Morgan fingerprint density at radius 3 is 2.73 bits per heavy atom. The summed E-state index contributed by atoms with van der Waals surface area (Å²) < 4.78 is 3.95. The van der Waals surface area contributed by atoms with E-state index in [1.165, 1.54) is 5.69 Å². The van der Waals surface area contributed by atoms with Crippen molar-refractivity contribution in [2.75, 3.05) is 20.1 Å². The van der Waals surface area contributed by atoms with Gasteiger partial charge in [0.2, 0.25) is 0 Å². The van der Waals surface area contributed by atoms with Crippen LogP contribution in [0, 0.1) is 5.92 Å². The minimum absolute atomic E-state index is 0.0111. The summed E-state index contributed by atoms with van der Waals surface area (Å²) in [5.41, 5.74) is 3.05. The molecule has 4 rings (SSSR count). The summed E-state index contributed by atoms with van der Waals surface area (Å²) >= 11 is 0. The van der Waals surface area contributed by atoms with Crippen molar-refractivity contribution in [3.05, 3.63) is 35.7 Å². The maximum absolute atomic E-state index is 12.8. The Hall–Kier alpha value is -2.15. The predicted molar refractivity (Wildman–Crippen MR) is 98.8 cm³/mol. The van der Waals surface area contributed by atoms with Gasteiger partial charge in [0.25, 0.3) is 5.91 Å². The highest BCUT2D eigenvalue weighted by Crippen LogP contribution is 2.41. The lowest BCUT2D eigenvalue weighted by Gasteiger charge is -2.39. The first-order valence-electron chi connectivity index (χ1n) is 9.52. The summed E-state index contributed by atoms with van der Waals surface area (Å²) in [6.07, 6.45) is 10.1. The largest absolute Gasteiger partial charge is 0.352 e. The number of hydrogen-bond donors (Lipinski definition) is 1. The van der Waals surface area contributed by atoms with E-state index in [0.29, 0.717) is 18.4 Å². The molecule has 0 spiro atoms. The second-order valence-electron chi connectivity index (χ2n) is 7.81. The summed E-state index contributed by atoms with van der Waals surface area (Å²) in [4.78, 5) is 19.5. The van der Waals surface area contributed by atoms with E-state index < -0.39 is 0 Å². The molecule has 26 heavy (non-hydrogen) atoms. The van der Waals surface area contributed by atoms with Crippen molar-refractivity contribution in [1.29, 1.82) is 0 Å². The number of nitrogens with zero attached hydrogens (tertiary/aromatic N) is 5. The molecule has 2 aromatic heterocycles. The normalized spacial score (nSPS) is 24.0. The van der Waals surface area contributed by atoms with Gasteiger partial charge < -0.3 is 9.88 Å². The van der Waals surface area contributed by atoms with Crippen LogP contribution >= 0.6 is 0 Å². The molecule has 2 aliphatic rings. The quantitative estimate of drug-likeness (QED) is 0.888. The molecule has 2 atom stereocenters. The van der Waals surface area contributed by atoms with Crippen LogP contribution in [0.3, 0.4) is 0 Å². The molecule has 1 amide bonds. The number of carbonyl (C=O) groups is 1. The number of likely N-dealkylation sites (tertiary alicyclic amines) is 1. The Labute approximate surface area is 154 Å². The Morgan fingerprint density at radius 1 is 1.23 bits per heavy atom. The first-order chi connectivity index (χ1) is 12.6. The number of amides is 1.